The van der Waals surface area contributed by atoms with Crippen molar-refractivity contribution >= 4 is 21.5 Å². The molecule has 1 saturated heterocycles. The van der Waals surface area contributed by atoms with Gasteiger partial charge in [-0.3, -0.25) is 4.98 Å². The number of hydrogen-bond acceptors (Lipinski definition) is 6. The average Bonchev–Trinajstić information content (AvgIpc) is 3.34. The van der Waals surface area contributed by atoms with Crippen LogP contribution in [0.4, 0.5) is 15.9 Å². The molecule has 0 unspecified atom stereocenters. The van der Waals surface area contributed by atoms with Crippen LogP contribution >= 0.6 is 0 Å². The molecule has 0 spiro atoms. The first-order valence-corrected chi connectivity index (χ1v) is 10.2. The van der Waals surface area contributed by atoms with E-state index >= 15 is 0 Å². The number of nitrogens with one attached hydrogen (secondary N) is 1. The van der Waals surface area contributed by atoms with E-state index in [0.29, 0.717) is 30.2 Å². The molecule has 1 atom stereocenters. The number of aryl methyl sites for hydroxylation is 1. The van der Waals surface area contributed by atoms with E-state index in [1.54, 1.807) is 29.9 Å². The van der Waals surface area contributed by atoms with Crippen LogP contribution in [-0.4, -0.2) is 38.8 Å². The molecule has 0 saturated carbocycles. The van der Waals surface area contributed by atoms with Gasteiger partial charge in [0.2, 0.25) is 0 Å². The minimum absolute atomic E-state index is 0.0440. The third kappa shape index (κ3) is 3.60. The predicted molar refractivity (Wildman–Crippen MR) is 101 cm³/mol. The fraction of sp³-hybridized carbons (Fsp3) is 0.278. The van der Waals surface area contributed by atoms with Crippen LogP contribution in [-0.2, 0) is 17.1 Å². The summed E-state index contributed by atoms with van der Waals surface area (Å²) >= 11 is 0. The summed E-state index contributed by atoms with van der Waals surface area (Å²) in [6.45, 7) is 0.435. The topological polar surface area (TPSA) is 93.0 Å². The summed E-state index contributed by atoms with van der Waals surface area (Å²) in [5.41, 5.74) is 1.36. The number of sulfonamides is 1. The molecule has 1 aliphatic heterocycles. The van der Waals surface area contributed by atoms with E-state index in [-0.39, 0.29) is 11.1 Å². The van der Waals surface area contributed by atoms with E-state index in [9.17, 15) is 12.8 Å². The minimum atomic E-state index is -3.68. The normalized spacial score (nSPS) is 17.7. The molecule has 3 aromatic rings. The lowest BCUT2D eigenvalue weighted by Gasteiger charge is -2.22. The van der Waals surface area contributed by atoms with Gasteiger partial charge in [0.05, 0.1) is 36.1 Å². The van der Waals surface area contributed by atoms with E-state index in [2.05, 4.69) is 20.3 Å². The maximum atomic E-state index is 12.9. The number of pyridine rings is 2. The summed E-state index contributed by atoms with van der Waals surface area (Å²) in [5, 5.41) is 3.08. The van der Waals surface area contributed by atoms with Gasteiger partial charge in [-0.1, -0.05) is 0 Å². The van der Waals surface area contributed by atoms with Gasteiger partial charge < -0.3 is 9.88 Å². The molecule has 0 amide bonds. The summed E-state index contributed by atoms with van der Waals surface area (Å²) in [5.74, 6) is 0.0886. The second-order valence-corrected chi connectivity index (χ2v) is 8.45. The predicted octanol–water partition coefficient (Wildman–Crippen LogP) is 2.62. The molecule has 4 rings (SSSR count). The molecule has 146 valence electrons. The van der Waals surface area contributed by atoms with Crippen molar-refractivity contribution in [1.82, 2.24) is 23.8 Å². The number of aromatic nitrogens is 4. The largest absolute Gasteiger partial charge is 0.339 e. The van der Waals surface area contributed by atoms with Gasteiger partial charge in [-0.15, -0.1) is 0 Å². The second kappa shape index (κ2) is 7.28. The Morgan fingerprint density at radius 1 is 1.14 bits per heavy atom. The lowest BCUT2D eigenvalue weighted by molar-refractivity contribution is 0.389. The fourth-order valence-corrected chi connectivity index (χ4v) is 4.88. The van der Waals surface area contributed by atoms with Crippen molar-refractivity contribution in [2.24, 2.45) is 7.05 Å². The van der Waals surface area contributed by atoms with Gasteiger partial charge in [-0.25, -0.2) is 22.8 Å². The lowest BCUT2D eigenvalue weighted by atomic mass is 10.1. The van der Waals surface area contributed by atoms with Crippen LogP contribution in [0.1, 0.15) is 24.6 Å². The molecule has 28 heavy (non-hydrogen) atoms. The average molecular weight is 402 g/mol. The monoisotopic (exact) mass is 402 g/mol. The van der Waals surface area contributed by atoms with Crippen molar-refractivity contribution in [3.8, 4) is 0 Å². The van der Waals surface area contributed by atoms with Crippen LogP contribution in [0.15, 0.2) is 54.2 Å². The number of imidazole rings is 1. The van der Waals surface area contributed by atoms with E-state index in [1.807, 2.05) is 0 Å². The van der Waals surface area contributed by atoms with Crippen LogP contribution in [0.5, 0.6) is 0 Å². The zero-order chi connectivity index (χ0) is 19.7. The Bertz CT molecular complexity index is 1070. The van der Waals surface area contributed by atoms with E-state index in [0.717, 1.165) is 12.6 Å². The van der Waals surface area contributed by atoms with Gasteiger partial charge in [-0.2, -0.15) is 4.31 Å². The van der Waals surface area contributed by atoms with Gasteiger partial charge in [0.15, 0.2) is 5.03 Å². The maximum absolute atomic E-state index is 12.9. The molecule has 0 radical (unpaired) electrons. The SMILES string of the molecule is Cn1cnc(S(=O)(=O)N2CCC[C@H]2c2ccc(Nc3ccc(F)cn3)cn2)c1. The Balaban J connectivity index is 1.54. The second-order valence-electron chi connectivity index (χ2n) is 6.61. The minimum Gasteiger partial charge on any atom is -0.339 e. The van der Waals surface area contributed by atoms with Crippen molar-refractivity contribution in [2.75, 3.05) is 11.9 Å². The summed E-state index contributed by atoms with van der Waals surface area (Å²) < 4.78 is 41.9. The number of rotatable bonds is 5. The Kier molecular flexibility index (Phi) is 4.82. The fourth-order valence-electron chi connectivity index (χ4n) is 3.24. The Morgan fingerprint density at radius 3 is 2.64 bits per heavy atom. The zero-order valence-corrected chi connectivity index (χ0v) is 16.0. The zero-order valence-electron chi connectivity index (χ0n) is 15.2. The number of hydrogen-bond donors (Lipinski definition) is 1. The van der Waals surface area contributed by atoms with Crippen LogP contribution in [0, 0.1) is 5.82 Å². The lowest BCUT2D eigenvalue weighted by Crippen LogP contribution is -2.31. The number of halogens is 1. The van der Waals surface area contributed by atoms with Crippen molar-refractivity contribution in [3.05, 3.63) is 60.7 Å². The molecule has 1 aliphatic rings. The first-order valence-electron chi connectivity index (χ1n) is 8.78. The number of nitrogens with zero attached hydrogens (tertiary/aromatic N) is 5. The molecule has 3 aromatic heterocycles. The summed E-state index contributed by atoms with van der Waals surface area (Å²) in [6, 6.07) is 6.11. The van der Waals surface area contributed by atoms with Crippen LogP contribution in [0.3, 0.4) is 0 Å². The molecule has 10 heteroatoms. The van der Waals surface area contributed by atoms with Gasteiger partial charge >= 0.3 is 0 Å². The van der Waals surface area contributed by atoms with Gasteiger partial charge in [0.1, 0.15) is 11.6 Å². The molecular formula is C18H19FN6O2S. The highest BCUT2D eigenvalue weighted by molar-refractivity contribution is 7.89. The smallest absolute Gasteiger partial charge is 0.262 e. The van der Waals surface area contributed by atoms with Gasteiger partial charge in [-0.05, 0) is 37.1 Å². The van der Waals surface area contributed by atoms with E-state index < -0.39 is 15.8 Å². The Morgan fingerprint density at radius 2 is 2.00 bits per heavy atom. The molecule has 0 bridgehead atoms. The molecule has 4 heterocycles. The van der Waals surface area contributed by atoms with Crippen molar-refractivity contribution in [1.29, 1.82) is 0 Å². The first kappa shape index (κ1) is 18.5. The van der Waals surface area contributed by atoms with Crippen molar-refractivity contribution in [2.45, 2.75) is 23.9 Å². The van der Waals surface area contributed by atoms with Gasteiger partial charge in [0, 0.05) is 19.8 Å². The Labute approximate surface area is 162 Å². The van der Waals surface area contributed by atoms with Gasteiger partial charge in [0.25, 0.3) is 10.0 Å². The van der Waals surface area contributed by atoms with Crippen LogP contribution < -0.4 is 5.32 Å². The highest BCUT2D eigenvalue weighted by atomic mass is 32.2. The maximum Gasteiger partial charge on any atom is 0.262 e. The molecular weight excluding hydrogens is 383 g/mol. The standard InChI is InChI=1S/C18H19FN6O2S/c1-24-11-18(22-12-24)28(26,27)25-8-2-3-16(25)15-6-5-14(10-20-15)23-17-7-4-13(19)9-21-17/h4-7,9-12,16H,2-3,8H2,1H3,(H,21,23)/t16-/m0/s1. The highest BCUT2D eigenvalue weighted by Crippen LogP contribution is 2.35. The van der Waals surface area contributed by atoms with E-state index in [4.69, 9.17) is 0 Å². The number of anilines is 2. The summed E-state index contributed by atoms with van der Waals surface area (Å²) in [7, 11) is -1.94. The molecule has 1 N–H and O–H groups in total. The highest BCUT2D eigenvalue weighted by Gasteiger charge is 2.38. The molecule has 1 fully saturated rings. The Hall–Kier alpha value is -2.85. The molecule has 0 aliphatic carbocycles. The molecule has 0 aromatic carbocycles. The van der Waals surface area contributed by atoms with Crippen molar-refractivity contribution in [3.63, 3.8) is 0 Å². The summed E-state index contributed by atoms with van der Waals surface area (Å²) in [4.78, 5) is 12.4. The molecule has 8 nitrogen and oxygen atoms in total. The van der Waals surface area contributed by atoms with E-state index in [1.165, 1.54) is 29.0 Å². The first-order chi connectivity index (χ1) is 13.4. The van der Waals surface area contributed by atoms with Crippen LogP contribution in [0.25, 0.3) is 0 Å². The van der Waals surface area contributed by atoms with Crippen LogP contribution in [0.2, 0.25) is 0 Å². The quantitative estimate of drug-likeness (QED) is 0.705. The van der Waals surface area contributed by atoms with Crippen molar-refractivity contribution < 1.29 is 12.8 Å². The third-order valence-corrected chi connectivity index (χ3v) is 6.38. The third-order valence-electron chi connectivity index (χ3n) is 4.59. The summed E-state index contributed by atoms with van der Waals surface area (Å²) in [6.07, 6.45) is 7.18.